The zero-order valence-corrected chi connectivity index (χ0v) is 11.7. The molecule has 1 atom stereocenters. The van der Waals surface area contributed by atoms with Crippen molar-refractivity contribution in [1.82, 2.24) is 10.2 Å². The minimum atomic E-state index is 0.0368. The predicted octanol–water partition coefficient (Wildman–Crippen LogP) is 3.04. The van der Waals surface area contributed by atoms with Gasteiger partial charge in [0.1, 0.15) is 10.0 Å². The monoisotopic (exact) mass is 261 g/mol. The summed E-state index contributed by atoms with van der Waals surface area (Å²) in [6.45, 7) is 4.22. The minimum absolute atomic E-state index is 0.0368. The van der Waals surface area contributed by atoms with Crippen LogP contribution in [0.5, 0.6) is 0 Å². The number of hydrogen-bond donors (Lipinski definition) is 1. The third-order valence-corrected chi connectivity index (χ3v) is 4.22. The van der Waals surface area contributed by atoms with Crippen molar-refractivity contribution in [3.05, 3.63) is 45.4 Å². The van der Waals surface area contributed by atoms with E-state index < -0.39 is 0 Å². The van der Waals surface area contributed by atoms with Gasteiger partial charge in [-0.25, -0.2) is 0 Å². The molecule has 2 N–H and O–H groups in total. The molecule has 0 aliphatic heterocycles. The van der Waals surface area contributed by atoms with Crippen molar-refractivity contribution in [3.8, 4) is 0 Å². The minimum Gasteiger partial charge on any atom is -0.322 e. The lowest BCUT2D eigenvalue weighted by atomic mass is 10.0. The molecule has 0 aliphatic rings. The lowest BCUT2D eigenvalue weighted by Crippen LogP contribution is -2.07. The maximum absolute atomic E-state index is 5.95. The Morgan fingerprint density at radius 3 is 2.72 bits per heavy atom. The van der Waals surface area contributed by atoms with Gasteiger partial charge in [0, 0.05) is 6.42 Å². The zero-order valence-electron chi connectivity index (χ0n) is 10.9. The van der Waals surface area contributed by atoms with Crippen LogP contribution >= 0.6 is 11.3 Å². The van der Waals surface area contributed by atoms with Crippen molar-refractivity contribution in [2.24, 2.45) is 5.73 Å². The number of aromatic nitrogens is 2. The molecule has 1 aromatic carbocycles. The summed E-state index contributed by atoms with van der Waals surface area (Å²) in [5.74, 6) is 0. The van der Waals surface area contributed by atoms with Crippen LogP contribution in [0.3, 0.4) is 0 Å². The summed E-state index contributed by atoms with van der Waals surface area (Å²) in [6, 6.07) is 8.51. The summed E-state index contributed by atoms with van der Waals surface area (Å²) in [6.07, 6.45) is 2.87. The molecular weight excluding hydrogens is 242 g/mol. The zero-order chi connectivity index (χ0) is 13.0. The fraction of sp³-hybridized carbons (Fsp3) is 0.429. The van der Waals surface area contributed by atoms with E-state index in [0.29, 0.717) is 0 Å². The molecule has 0 aliphatic carbocycles. The third-order valence-electron chi connectivity index (χ3n) is 3.11. The van der Waals surface area contributed by atoms with Gasteiger partial charge in [0.25, 0.3) is 0 Å². The molecule has 2 aromatic rings. The van der Waals surface area contributed by atoms with E-state index in [2.05, 4.69) is 48.3 Å². The molecule has 2 rings (SSSR count). The quantitative estimate of drug-likeness (QED) is 0.900. The summed E-state index contributed by atoms with van der Waals surface area (Å²) in [5, 5.41) is 10.4. The second kappa shape index (κ2) is 6.07. The fourth-order valence-electron chi connectivity index (χ4n) is 1.82. The Hall–Kier alpha value is -1.26. The Balaban J connectivity index is 1.98. The number of rotatable bonds is 5. The van der Waals surface area contributed by atoms with Gasteiger partial charge < -0.3 is 5.73 Å². The molecule has 1 aromatic heterocycles. The molecule has 0 bridgehead atoms. The lowest BCUT2D eigenvalue weighted by molar-refractivity contribution is 0.681. The second-order valence-corrected chi connectivity index (χ2v) is 5.57. The van der Waals surface area contributed by atoms with E-state index in [-0.39, 0.29) is 6.04 Å². The molecule has 18 heavy (non-hydrogen) atoms. The second-order valence-electron chi connectivity index (χ2n) is 4.48. The largest absolute Gasteiger partial charge is 0.322 e. The maximum Gasteiger partial charge on any atom is 0.134 e. The lowest BCUT2D eigenvalue weighted by Gasteiger charge is -2.03. The summed E-state index contributed by atoms with van der Waals surface area (Å²) in [4.78, 5) is 0. The molecule has 0 radical (unpaired) electrons. The molecule has 0 spiro atoms. The van der Waals surface area contributed by atoms with Gasteiger partial charge in [0.05, 0.1) is 6.04 Å². The van der Waals surface area contributed by atoms with Gasteiger partial charge in [-0.3, -0.25) is 0 Å². The molecule has 4 heteroatoms. The highest BCUT2D eigenvalue weighted by molar-refractivity contribution is 7.11. The molecule has 0 saturated carbocycles. The van der Waals surface area contributed by atoms with E-state index in [9.17, 15) is 0 Å². The van der Waals surface area contributed by atoms with E-state index in [1.165, 1.54) is 11.1 Å². The molecule has 96 valence electrons. The van der Waals surface area contributed by atoms with E-state index in [1.54, 1.807) is 11.3 Å². The van der Waals surface area contributed by atoms with Crippen molar-refractivity contribution >= 4 is 11.3 Å². The van der Waals surface area contributed by atoms with Crippen LogP contribution in [0.2, 0.25) is 0 Å². The summed E-state index contributed by atoms with van der Waals surface area (Å²) >= 11 is 1.64. The highest BCUT2D eigenvalue weighted by Gasteiger charge is 2.10. The van der Waals surface area contributed by atoms with Crippen molar-refractivity contribution in [1.29, 1.82) is 0 Å². The predicted molar refractivity (Wildman–Crippen MR) is 75.7 cm³/mol. The average molecular weight is 261 g/mol. The van der Waals surface area contributed by atoms with Crippen LogP contribution < -0.4 is 5.73 Å². The Morgan fingerprint density at radius 1 is 1.22 bits per heavy atom. The first-order valence-electron chi connectivity index (χ1n) is 6.33. The average Bonchev–Trinajstić information content (AvgIpc) is 2.86. The smallest absolute Gasteiger partial charge is 0.134 e. The Labute approximate surface area is 112 Å². The fourth-order valence-corrected chi connectivity index (χ4v) is 2.75. The molecule has 0 saturated heterocycles. The Kier molecular flexibility index (Phi) is 4.44. The number of benzene rings is 1. The number of hydrogen-bond acceptors (Lipinski definition) is 4. The van der Waals surface area contributed by atoms with Crippen LogP contribution in [0.1, 0.15) is 40.5 Å². The van der Waals surface area contributed by atoms with Gasteiger partial charge in [0.15, 0.2) is 0 Å². The van der Waals surface area contributed by atoms with Crippen LogP contribution in [0.4, 0.5) is 0 Å². The number of nitrogens with zero attached hydrogens (tertiary/aromatic N) is 2. The van der Waals surface area contributed by atoms with Gasteiger partial charge in [-0.2, -0.15) is 0 Å². The van der Waals surface area contributed by atoms with Crippen LogP contribution in [0.25, 0.3) is 0 Å². The van der Waals surface area contributed by atoms with E-state index in [1.807, 2.05) is 0 Å². The Morgan fingerprint density at radius 2 is 2.00 bits per heavy atom. The highest BCUT2D eigenvalue weighted by Crippen LogP contribution is 2.20. The van der Waals surface area contributed by atoms with Crippen molar-refractivity contribution in [2.45, 2.75) is 39.2 Å². The van der Waals surface area contributed by atoms with E-state index in [0.717, 1.165) is 29.3 Å². The van der Waals surface area contributed by atoms with Crippen LogP contribution in [0, 0.1) is 6.92 Å². The van der Waals surface area contributed by atoms with Gasteiger partial charge in [-0.15, -0.1) is 10.2 Å². The van der Waals surface area contributed by atoms with Crippen molar-refractivity contribution < 1.29 is 0 Å². The van der Waals surface area contributed by atoms with E-state index in [4.69, 9.17) is 5.73 Å². The van der Waals surface area contributed by atoms with Gasteiger partial charge >= 0.3 is 0 Å². The van der Waals surface area contributed by atoms with Gasteiger partial charge in [-0.05, 0) is 30.9 Å². The van der Waals surface area contributed by atoms with Crippen molar-refractivity contribution in [3.63, 3.8) is 0 Å². The summed E-state index contributed by atoms with van der Waals surface area (Å²) in [7, 11) is 0. The molecule has 1 heterocycles. The molecular formula is C14H19N3S. The Bertz CT molecular complexity index is 507. The van der Waals surface area contributed by atoms with Crippen molar-refractivity contribution in [2.75, 3.05) is 0 Å². The maximum atomic E-state index is 5.95. The van der Waals surface area contributed by atoms with Gasteiger partial charge in [0.2, 0.25) is 0 Å². The van der Waals surface area contributed by atoms with E-state index >= 15 is 0 Å². The molecule has 0 amide bonds. The van der Waals surface area contributed by atoms with Gasteiger partial charge in [-0.1, -0.05) is 42.5 Å². The SMILES string of the molecule is CCC(N)c1nnc(CCc2ccccc2C)s1. The number of nitrogens with two attached hydrogens (primary N) is 1. The first kappa shape index (κ1) is 13.2. The molecule has 1 unspecified atom stereocenters. The topological polar surface area (TPSA) is 51.8 Å². The molecule has 0 fully saturated rings. The first-order chi connectivity index (χ1) is 8.70. The van der Waals surface area contributed by atoms with Crippen LogP contribution in [-0.4, -0.2) is 10.2 Å². The van der Waals surface area contributed by atoms with Crippen LogP contribution in [-0.2, 0) is 12.8 Å². The highest BCUT2D eigenvalue weighted by atomic mass is 32.1. The molecule has 3 nitrogen and oxygen atoms in total. The first-order valence-corrected chi connectivity index (χ1v) is 7.14. The van der Waals surface area contributed by atoms with Crippen LogP contribution in [0.15, 0.2) is 24.3 Å². The number of aryl methyl sites for hydroxylation is 3. The third kappa shape index (κ3) is 3.15. The normalized spacial score (nSPS) is 12.6. The summed E-state index contributed by atoms with van der Waals surface area (Å²) < 4.78 is 0. The summed E-state index contributed by atoms with van der Waals surface area (Å²) in [5.41, 5.74) is 8.67. The standard InChI is InChI=1S/C14H19N3S/c1-3-12(15)14-17-16-13(18-14)9-8-11-7-5-4-6-10(11)2/h4-7,12H,3,8-9,15H2,1-2H3.